The second-order valence-electron chi connectivity index (χ2n) is 2.50. The summed E-state index contributed by atoms with van der Waals surface area (Å²) in [6.45, 7) is -2.98. The fraction of sp³-hybridized carbons (Fsp3) is 0.600. The third-order valence-corrected chi connectivity index (χ3v) is 1.48. The molecule has 1 aliphatic heterocycles. The van der Waals surface area contributed by atoms with Gasteiger partial charge in [0.2, 0.25) is 0 Å². The lowest BCUT2D eigenvalue weighted by Crippen LogP contribution is -2.37. The van der Waals surface area contributed by atoms with Gasteiger partial charge >= 0.3 is 18.7 Å². The van der Waals surface area contributed by atoms with E-state index in [0.29, 0.717) is 0 Å². The van der Waals surface area contributed by atoms with Gasteiger partial charge in [-0.3, -0.25) is 0 Å². The molecular formula is C5H8BO6-. The van der Waals surface area contributed by atoms with Crippen molar-refractivity contribution in [2.45, 2.75) is 12.7 Å². The number of carbonyl (C=O) groups excluding carboxylic acids is 2. The van der Waals surface area contributed by atoms with Crippen LogP contribution < -0.4 is 0 Å². The molecule has 1 saturated heterocycles. The molecule has 0 radical (unpaired) electrons. The Balaban J connectivity index is 2.51. The highest BCUT2D eigenvalue weighted by Crippen LogP contribution is 2.18. The van der Waals surface area contributed by atoms with E-state index in [1.807, 2.05) is 0 Å². The van der Waals surface area contributed by atoms with Crippen LogP contribution in [0.5, 0.6) is 0 Å². The first-order valence-corrected chi connectivity index (χ1v) is 3.52. The Morgan fingerprint density at radius 2 is 1.75 bits per heavy atom. The van der Waals surface area contributed by atoms with Gasteiger partial charge in [-0.05, 0) is 0 Å². The average Bonchev–Trinajstić information content (AvgIpc) is 2.24. The first-order valence-electron chi connectivity index (χ1n) is 3.52. The minimum Gasteiger partial charge on any atom is -0.625 e. The molecule has 0 atom stereocenters. The molecule has 7 heteroatoms. The lowest BCUT2D eigenvalue weighted by atomic mass is 9.74. The molecule has 0 spiro atoms. The van der Waals surface area contributed by atoms with Crippen molar-refractivity contribution in [3.05, 3.63) is 0 Å². The van der Waals surface area contributed by atoms with Gasteiger partial charge in [-0.1, -0.05) is 12.7 Å². The van der Waals surface area contributed by atoms with Gasteiger partial charge in [0, 0.05) is 6.61 Å². The summed E-state index contributed by atoms with van der Waals surface area (Å²) in [5, 5.41) is 17.6. The van der Waals surface area contributed by atoms with Crippen molar-refractivity contribution < 1.29 is 29.0 Å². The predicted octanol–water partition coefficient (Wildman–Crippen LogP) is -1.60. The molecule has 1 heterocycles. The van der Waals surface area contributed by atoms with Crippen LogP contribution in [0.3, 0.4) is 0 Å². The molecule has 68 valence electrons. The molecule has 0 aromatic rings. The molecular weight excluding hydrogens is 167 g/mol. The quantitative estimate of drug-likeness (QED) is 0.396. The molecule has 0 unspecified atom stereocenters. The highest BCUT2D eigenvalue weighted by atomic mass is 16.8. The third kappa shape index (κ3) is 1.74. The van der Waals surface area contributed by atoms with E-state index in [-0.39, 0.29) is 19.3 Å². The molecule has 2 N–H and O–H groups in total. The Morgan fingerprint density at radius 1 is 1.25 bits per heavy atom. The van der Waals surface area contributed by atoms with E-state index in [2.05, 4.69) is 9.31 Å². The largest absolute Gasteiger partial charge is 0.625 e. The van der Waals surface area contributed by atoms with Gasteiger partial charge in [0.1, 0.15) is 0 Å². The van der Waals surface area contributed by atoms with Gasteiger partial charge in [0.25, 0.3) is 0 Å². The molecule has 0 saturated carbocycles. The van der Waals surface area contributed by atoms with E-state index in [0.717, 1.165) is 0 Å². The summed E-state index contributed by atoms with van der Waals surface area (Å²) in [7, 11) is 0. The predicted molar refractivity (Wildman–Crippen MR) is 36.7 cm³/mol. The average molecular weight is 175 g/mol. The molecule has 0 aliphatic carbocycles. The zero-order chi connectivity index (χ0) is 9.19. The SMILES string of the molecule is O=C1O[B-](O)(CCCO)OC1=O. The van der Waals surface area contributed by atoms with Crippen LogP contribution in [0.15, 0.2) is 0 Å². The summed E-state index contributed by atoms with van der Waals surface area (Å²) < 4.78 is 8.52. The van der Waals surface area contributed by atoms with E-state index in [9.17, 15) is 14.6 Å². The number of rotatable bonds is 3. The van der Waals surface area contributed by atoms with Gasteiger partial charge in [0.15, 0.2) is 0 Å². The maximum absolute atomic E-state index is 10.4. The minimum absolute atomic E-state index is 0.0615. The summed E-state index contributed by atoms with van der Waals surface area (Å²) in [4.78, 5) is 20.9. The van der Waals surface area contributed by atoms with Crippen molar-refractivity contribution in [3.63, 3.8) is 0 Å². The number of hydrogen-bond donors (Lipinski definition) is 2. The smallest absolute Gasteiger partial charge is 0.494 e. The van der Waals surface area contributed by atoms with Gasteiger partial charge in [-0.25, -0.2) is 9.59 Å². The van der Waals surface area contributed by atoms with Crippen molar-refractivity contribution >= 4 is 18.7 Å². The van der Waals surface area contributed by atoms with Crippen LogP contribution in [0, 0.1) is 0 Å². The van der Waals surface area contributed by atoms with Gasteiger partial charge in [-0.2, -0.15) is 0 Å². The summed E-state index contributed by atoms with van der Waals surface area (Å²) in [5.74, 6) is -2.37. The van der Waals surface area contributed by atoms with Gasteiger partial charge in [-0.15, -0.1) is 0 Å². The summed E-state index contributed by atoms with van der Waals surface area (Å²) in [6.07, 6.45) is 0.144. The maximum Gasteiger partial charge on any atom is 0.494 e. The van der Waals surface area contributed by atoms with Crippen LogP contribution >= 0.6 is 0 Å². The van der Waals surface area contributed by atoms with Gasteiger partial charge in [0.05, 0.1) is 0 Å². The Labute approximate surface area is 68.1 Å². The van der Waals surface area contributed by atoms with Crippen LogP contribution in [0.4, 0.5) is 0 Å². The molecule has 1 fully saturated rings. The Bertz CT molecular complexity index is 198. The van der Waals surface area contributed by atoms with Crippen LogP contribution in [0.2, 0.25) is 6.32 Å². The van der Waals surface area contributed by atoms with E-state index < -0.39 is 18.7 Å². The fourth-order valence-corrected chi connectivity index (χ4v) is 0.922. The molecule has 1 rings (SSSR count). The molecule has 0 amide bonds. The van der Waals surface area contributed by atoms with Crippen molar-refractivity contribution in [1.82, 2.24) is 0 Å². The van der Waals surface area contributed by atoms with Crippen molar-refractivity contribution in [3.8, 4) is 0 Å². The Hall–Kier alpha value is -1.08. The minimum atomic E-state index is -2.81. The van der Waals surface area contributed by atoms with Crippen LogP contribution in [-0.4, -0.2) is 35.4 Å². The zero-order valence-electron chi connectivity index (χ0n) is 6.23. The first-order chi connectivity index (χ1) is 5.57. The highest BCUT2D eigenvalue weighted by molar-refractivity contribution is 6.70. The van der Waals surface area contributed by atoms with Crippen molar-refractivity contribution in [1.29, 1.82) is 0 Å². The molecule has 0 bridgehead atoms. The topological polar surface area (TPSA) is 93.1 Å². The van der Waals surface area contributed by atoms with E-state index in [4.69, 9.17) is 5.11 Å². The summed E-state index contributed by atoms with van der Waals surface area (Å²) in [5.41, 5.74) is 0. The van der Waals surface area contributed by atoms with Crippen LogP contribution in [0.1, 0.15) is 6.42 Å². The zero-order valence-corrected chi connectivity index (χ0v) is 6.23. The summed E-state index contributed by atoms with van der Waals surface area (Å²) >= 11 is 0. The van der Waals surface area contributed by atoms with Crippen LogP contribution in [0.25, 0.3) is 0 Å². The highest BCUT2D eigenvalue weighted by Gasteiger charge is 2.42. The lowest BCUT2D eigenvalue weighted by Gasteiger charge is -2.24. The van der Waals surface area contributed by atoms with Crippen LogP contribution in [-0.2, 0) is 18.9 Å². The van der Waals surface area contributed by atoms with E-state index >= 15 is 0 Å². The van der Waals surface area contributed by atoms with Crippen molar-refractivity contribution in [2.75, 3.05) is 6.61 Å². The molecule has 6 nitrogen and oxygen atoms in total. The molecule has 0 aromatic carbocycles. The van der Waals surface area contributed by atoms with E-state index in [1.165, 1.54) is 0 Å². The number of aliphatic hydroxyl groups excluding tert-OH is 1. The third-order valence-electron chi connectivity index (χ3n) is 1.48. The Morgan fingerprint density at radius 3 is 2.17 bits per heavy atom. The molecule has 0 aromatic heterocycles. The number of hydrogen-bond acceptors (Lipinski definition) is 6. The molecule has 12 heavy (non-hydrogen) atoms. The Kier molecular flexibility index (Phi) is 2.34. The normalized spacial score (nSPS) is 20.5. The second-order valence-corrected chi connectivity index (χ2v) is 2.50. The fourth-order valence-electron chi connectivity index (χ4n) is 0.922. The number of aliphatic hydroxyl groups is 1. The molecule has 1 aliphatic rings. The number of carbonyl (C=O) groups is 2. The summed E-state index contributed by atoms with van der Waals surface area (Å²) in [6, 6.07) is 0. The second kappa shape index (κ2) is 3.12. The maximum atomic E-state index is 10.4. The lowest BCUT2D eigenvalue weighted by molar-refractivity contribution is -0.150. The first kappa shape index (κ1) is 9.02. The van der Waals surface area contributed by atoms with E-state index in [1.54, 1.807) is 0 Å². The standard InChI is InChI=1S/C5H8BO6/c7-3-1-2-6(10)11-4(8)5(9)12-6/h7,10H,1-3H2/q-1. The monoisotopic (exact) mass is 175 g/mol. The van der Waals surface area contributed by atoms with Gasteiger partial charge < -0.3 is 19.4 Å². The van der Waals surface area contributed by atoms with Crippen molar-refractivity contribution in [2.24, 2.45) is 0 Å².